The SMILES string of the molecule is Cc1ccccc1CSCCCNC(=O)N(C)CC1CCOCC1. The van der Waals surface area contributed by atoms with Crippen LogP contribution in [0.3, 0.4) is 0 Å². The highest BCUT2D eigenvalue weighted by Gasteiger charge is 2.18. The molecule has 0 saturated carbocycles. The zero-order valence-electron chi connectivity index (χ0n) is 14.9. The van der Waals surface area contributed by atoms with Crippen molar-refractivity contribution in [2.45, 2.75) is 31.9 Å². The molecule has 0 atom stereocenters. The lowest BCUT2D eigenvalue weighted by Gasteiger charge is -2.27. The summed E-state index contributed by atoms with van der Waals surface area (Å²) < 4.78 is 5.36. The van der Waals surface area contributed by atoms with Crippen molar-refractivity contribution in [2.75, 3.05) is 39.1 Å². The minimum atomic E-state index is 0.0467. The van der Waals surface area contributed by atoms with Gasteiger partial charge in [-0.1, -0.05) is 24.3 Å². The van der Waals surface area contributed by atoms with Gasteiger partial charge >= 0.3 is 6.03 Å². The summed E-state index contributed by atoms with van der Waals surface area (Å²) in [5.41, 5.74) is 2.76. The standard InChI is InChI=1S/C19H30N2O2S/c1-16-6-3-4-7-18(16)15-24-13-5-10-20-19(22)21(2)14-17-8-11-23-12-9-17/h3-4,6-7,17H,5,8-15H2,1-2H3,(H,20,22). The predicted molar refractivity (Wildman–Crippen MR) is 102 cm³/mol. The van der Waals surface area contributed by atoms with E-state index < -0.39 is 0 Å². The van der Waals surface area contributed by atoms with Crippen LogP contribution >= 0.6 is 11.8 Å². The Morgan fingerprint density at radius 2 is 2.08 bits per heavy atom. The molecule has 0 aliphatic carbocycles. The average molecular weight is 351 g/mol. The maximum absolute atomic E-state index is 12.1. The minimum Gasteiger partial charge on any atom is -0.381 e. The summed E-state index contributed by atoms with van der Waals surface area (Å²) in [5, 5.41) is 3.02. The zero-order chi connectivity index (χ0) is 17.2. The van der Waals surface area contributed by atoms with E-state index in [-0.39, 0.29) is 6.03 Å². The molecule has 1 heterocycles. The summed E-state index contributed by atoms with van der Waals surface area (Å²) in [6.45, 7) is 5.40. The predicted octanol–water partition coefficient (Wildman–Crippen LogP) is 3.69. The van der Waals surface area contributed by atoms with Crippen molar-refractivity contribution in [2.24, 2.45) is 5.92 Å². The second-order valence-corrected chi connectivity index (χ2v) is 7.61. The van der Waals surface area contributed by atoms with Crippen LogP contribution in [0.25, 0.3) is 0 Å². The van der Waals surface area contributed by atoms with Crippen LogP contribution in [0.2, 0.25) is 0 Å². The highest BCUT2D eigenvalue weighted by Crippen LogP contribution is 2.17. The van der Waals surface area contributed by atoms with Gasteiger partial charge in [-0.2, -0.15) is 11.8 Å². The summed E-state index contributed by atoms with van der Waals surface area (Å²) >= 11 is 1.93. The first kappa shape index (κ1) is 19.1. The molecule has 2 amide bonds. The van der Waals surface area contributed by atoms with E-state index in [1.165, 1.54) is 11.1 Å². The molecule has 24 heavy (non-hydrogen) atoms. The van der Waals surface area contributed by atoms with E-state index in [9.17, 15) is 4.79 Å². The molecule has 1 N–H and O–H groups in total. The first-order chi connectivity index (χ1) is 11.7. The number of thioether (sulfide) groups is 1. The van der Waals surface area contributed by atoms with Crippen molar-refractivity contribution >= 4 is 17.8 Å². The topological polar surface area (TPSA) is 41.6 Å². The van der Waals surface area contributed by atoms with Gasteiger partial charge in [-0.15, -0.1) is 0 Å². The summed E-state index contributed by atoms with van der Waals surface area (Å²) in [6, 6.07) is 8.57. The number of hydrogen-bond donors (Lipinski definition) is 1. The second kappa shape index (κ2) is 10.6. The number of rotatable bonds is 8. The van der Waals surface area contributed by atoms with E-state index in [4.69, 9.17) is 4.74 Å². The van der Waals surface area contributed by atoms with Crippen LogP contribution in [0.15, 0.2) is 24.3 Å². The molecule has 0 aromatic heterocycles. The Labute approximate surface area is 150 Å². The highest BCUT2D eigenvalue weighted by atomic mass is 32.2. The Bertz CT molecular complexity index is 504. The van der Waals surface area contributed by atoms with Crippen molar-refractivity contribution in [3.8, 4) is 0 Å². The fourth-order valence-corrected chi connectivity index (χ4v) is 3.89. The zero-order valence-corrected chi connectivity index (χ0v) is 15.7. The number of ether oxygens (including phenoxy) is 1. The molecule has 2 rings (SSSR count). The average Bonchev–Trinajstić information content (AvgIpc) is 2.60. The summed E-state index contributed by atoms with van der Waals surface area (Å²) in [4.78, 5) is 13.9. The Kier molecular flexibility index (Phi) is 8.47. The highest BCUT2D eigenvalue weighted by molar-refractivity contribution is 7.98. The van der Waals surface area contributed by atoms with E-state index in [0.717, 1.165) is 57.1 Å². The molecule has 134 valence electrons. The van der Waals surface area contributed by atoms with Crippen molar-refractivity contribution in [1.29, 1.82) is 0 Å². The molecule has 5 heteroatoms. The fraction of sp³-hybridized carbons (Fsp3) is 0.632. The van der Waals surface area contributed by atoms with Crippen LogP contribution in [0.1, 0.15) is 30.4 Å². The quantitative estimate of drug-likeness (QED) is 0.727. The third kappa shape index (κ3) is 6.73. The Morgan fingerprint density at radius 3 is 2.83 bits per heavy atom. The maximum Gasteiger partial charge on any atom is 0.317 e. The van der Waals surface area contributed by atoms with Crippen LogP contribution in [0, 0.1) is 12.8 Å². The van der Waals surface area contributed by atoms with Crippen molar-refractivity contribution < 1.29 is 9.53 Å². The van der Waals surface area contributed by atoms with E-state index in [0.29, 0.717) is 5.92 Å². The van der Waals surface area contributed by atoms with Crippen molar-refractivity contribution in [3.05, 3.63) is 35.4 Å². The molecule has 1 aromatic rings. The van der Waals surface area contributed by atoms with Gasteiger partial charge in [0.15, 0.2) is 0 Å². The Hall–Kier alpha value is -1.20. The van der Waals surface area contributed by atoms with Gasteiger partial charge in [-0.05, 0) is 49.0 Å². The number of carbonyl (C=O) groups excluding carboxylic acids is 1. The van der Waals surface area contributed by atoms with Gasteiger partial charge in [0, 0.05) is 39.1 Å². The lowest BCUT2D eigenvalue weighted by atomic mass is 10.0. The number of nitrogens with zero attached hydrogens (tertiary/aromatic N) is 1. The number of nitrogens with one attached hydrogen (secondary N) is 1. The number of amides is 2. The van der Waals surface area contributed by atoms with E-state index in [1.807, 2.05) is 23.7 Å². The first-order valence-electron chi connectivity index (χ1n) is 8.86. The van der Waals surface area contributed by atoms with Crippen LogP contribution in [-0.4, -0.2) is 50.0 Å². The third-order valence-electron chi connectivity index (χ3n) is 4.48. The number of benzene rings is 1. The van der Waals surface area contributed by atoms with Crippen LogP contribution in [-0.2, 0) is 10.5 Å². The molecule has 1 fully saturated rings. The second-order valence-electron chi connectivity index (χ2n) is 6.50. The number of carbonyl (C=O) groups is 1. The molecule has 0 unspecified atom stereocenters. The maximum atomic E-state index is 12.1. The lowest BCUT2D eigenvalue weighted by Crippen LogP contribution is -2.41. The normalized spacial score (nSPS) is 15.2. The molecule has 1 aliphatic rings. The molecule has 0 spiro atoms. The lowest BCUT2D eigenvalue weighted by molar-refractivity contribution is 0.0586. The molecule has 1 saturated heterocycles. The summed E-state index contributed by atoms with van der Waals surface area (Å²) in [5.74, 6) is 2.70. The molecule has 1 aromatic carbocycles. The van der Waals surface area contributed by atoms with E-state index in [1.54, 1.807) is 0 Å². The monoisotopic (exact) mass is 350 g/mol. The molecule has 4 nitrogen and oxygen atoms in total. The van der Waals surface area contributed by atoms with Gasteiger partial charge in [0.05, 0.1) is 0 Å². The Balaban J connectivity index is 1.53. The summed E-state index contributed by atoms with van der Waals surface area (Å²) in [7, 11) is 1.89. The van der Waals surface area contributed by atoms with Gasteiger partial charge in [-0.25, -0.2) is 4.79 Å². The number of urea groups is 1. The van der Waals surface area contributed by atoms with Crippen molar-refractivity contribution in [3.63, 3.8) is 0 Å². The summed E-state index contributed by atoms with van der Waals surface area (Å²) in [6.07, 6.45) is 3.13. The molecule has 1 aliphatic heterocycles. The largest absolute Gasteiger partial charge is 0.381 e. The van der Waals surface area contributed by atoms with Gasteiger partial charge in [0.2, 0.25) is 0 Å². The van der Waals surface area contributed by atoms with Crippen LogP contribution < -0.4 is 5.32 Å². The van der Waals surface area contributed by atoms with Crippen molar-refractivity contribution in [1.82, 2.24) is 10.2 Å². The number of hydrogen-bond acceptors (Lipinski definition) is 3. The molecular formula is C19H30N2O2S. The van der Waals surface area contributed by atoms with Crippen LogP contribution in [0.5, 0.6) is 0 Å². The molecule has 0 radical (unpaired) electrons. The first-order valence-corrected chi connectivity index (χ1v) is 10.0. The smallest absolute Gasteiger partial charge is 0.317 e. The Morgan fingerprint density at radius 1 is 1.33 bits per heavy atom. The molecule has 0 bridgehead atoms. The van der Waals surface area contributed by atoms with E-state index in [2.05, 4.69) is 36.5 Å². The van der Waals surface area contributed by atoms with Gasteiger partial charge in [-0.3, -0.25) is 0 Å². The minimum absolute atomic E-state index is 0.0467. The van der Waals surface area contributed by atoms with Crippen LogP contribution in [0.4, 0.5) is 4.79 Å². The van der Waals surface area contributed by atoms with Gasteiger partial charge in [0.25, 0.3) is 0 Å². The van der Waals surface area contributed by atoms with Gasteiger partial charge in [0.1, 0.15) is 0 Å². The third-order valence-corrected chi connectivity index (χ3v) is 5.57. The fourth-order valence-electron chi connectivity index (χ4n) is 2.86. The number of aryl methyl sites for hydroxylation is 1. The molecular weight excluding hydrogens is 320 g/mol. The van der Waals surface area contributed by atoms with E-state index >= 15 is 0 Å². The van der Waals surface area contributed by atoms with Gasteiger partial charge < -0.3 is 15.0 Å².